The number of nitrogens with one attached hydrogen (secondary N) is 1. The monoisotopic (exact) mass is 262 g/mol. The molecule has 0 saturated heterocycles. The van der Waals surface area contributed by atoms with Gasteiger partial charge in [-0.2, -0.15) is 0 Å². The van der Waals surface area contributed by atoms with Gasteiger partial charge >= 0.3 is 0 Å². The van der Waals surface area contributed by atoms with Crippen molar-refractivity contribution in [1.82, 2.24) is 9.97 Å². The van der Waals surface area contributed by atoms with Crippen LogP contribution in [-0.2, 0) is 0 Å². The molecule has 18 heavy (non-hydrogen) atoms. The molecule has 6 heteroatoms. The first-order valence-electron chi connectivity index (χ1n) is 5.51. The molecule has 1 unspecified atom stereocenters. The number of primary amides is 1. The summed E-state index contributed by atoms with van der Waals surface area (Å²) >= 11 is 1.61. The minimum atomic E-state index is -0.492. The molecule has 2 heterocycles. The summed E-state index contributed by atoms with van der Waals surface area (Å²) in [5.41, 5.74) is 5.69. The lowest BCUT2D eigenvalue weighted by Crippen LogP contribution is -2.16. The number of nitrogens with zero attached hydrogens (tertiary/aromatic N) is 2. The number of thiazole rings is 1. The van der Waals surface area contributed by atoms with Crippen LogP contribution in [0, 0.1) is 6.92 Å². The number of carbonyl (C=O) groups excluding carboxylic acids is 1. The third kappa shape index (κ3) is 2.65. The number of hydrogen-bond acceptors (Lipinski definition) is 5. The van der Waals surface area contributed by atoms with Gasteiger partial charge < -0.3 is 11.1 Å². The number of nitrogens with two attached hydrogens (primary N) is 1. The molecule has 1 amide bonds. The van der Waals surface area contributed by atoms with E-state index < -0.39 is 5.91 Å². The first kappa shape index (κ1) is 12.5. The first-order valence-corrected chi connectivity index (χ1v) is 6.33. The van der Waals surface area contributed by atoms with Crippen molar-refractivity contribution in [2.75, 3.05) is 5.32 Å². The molecule has 0 aliphatic rings. The summed E-state index contributed by atoms with van der Waals surface area (Å²) < 4.78 is 0. The summed E-state index contributed by atoms with van der Waals surface area (Å²) in [6.45, 7) is 3.97. The Morgan fingerprint density at radius 1 is 1.50 bits per heavy atom. The predicted octanol–water partition coefficient (Wildman–Crippen LogP) is 2.12. The lowest BCUT2D eigenvalue weighted by molar-refractivity contribution is 0.100. The van der Waals surface area contributed by atoms with E-state index in [-0.39, 0.29) is 6.04 Å². The summed E-state index contributed by atoms with van der Waals surface area (Å²) in [6, 6.07) is 3.32. The standard InChI is InChI=1S/C12H14N4OS/c1-7-6-15-12(18-7)8(2)16-11-9(10(13)17)4-3-5-14-11/h3-6,8H,1-2H3,(H2,13,17)(H,14,16). The second kappa shape index (κ2) is 5.14. The Morgan fingerprint density at radius 3 is 2.89 bits per heavy atom. The molecule has 0 fully saturated rings. The third-order valence-corrected chi connectivity index (χ3v) is 3.53. The summed E-state index contributed by atoms with van der Waals surface area (Å²) in [5.74, 6) is -0.00141. The summed E-state index contributed by atoms with van der Waals surface area (Å²) in [7, 11) is 0. The van der Waals surface area contributed by atoms with Gasteiger partial charge in [0.1, 0.15) is 10.8 Å². The number of amides is 1. The van der Waals surface area contributed by atoms with Crippen molar-refractivity contribution in [2.24, 2.45) is 5.73 Å². The van der Waals surface area contributed by atoms with Crippen LogP contribution in [-0.4, -0.2) is 15.9 Å². The Morgan fingerprint density at radius 2 is 2.28 bits per heavy atom. The van der Waals surface area contributed by atoms with Gasteiger partial charge in [0.25, 0.3) is 5.91 Å². The van der Waals surface area contributed by atoms with Gasteiger partial charge in [-0.3, -0.25) is 4.79 Å². The largest absolute Gasteiger partial charge is 0.365 e. The van der Waals surface area contributed by atoms with Crippen LogP contribution in [0.5, 0.6) is 0 Å². The van der Waals surface area contributed by atoms with E-state index in [2.05, 4.69) is 15.3 Å². The van der Waals surface area contributed by atoms with Gasteiger partial charge in [0, 0.05) is 17.3 Å². The molecule has 2 aromatic heterocycles. The molecular weight excluding hydrogens is 248 g/mol. The van der Waals surface area contributed by atoms with Crippen molar-refractivity contribution < 1.29 is 4.79 Å². The molecule has 0 spiro atoms. The highest BCUT2D eigenvalue weighted by Gasteiger charge is 2.14. The summed E-state index contributed by atoms with van der Waals surface area (Å²) in [4.78, 5) is 20.9. The first-order chi connectivity index (χ1) is 8.58. The van der Waals surface area contributed by atoms with Gasteiger partial charge in [-0.15, -0.1) is 11.3 Å². The quantitative estimate of drug-likeness (QED) is 0.884. The van der Waals surface area contributed by atoms with Crippen LogP contribution >= 0.6 is 11.3 Å². The molecule has 0 aromatic carbocycles. The Kier molecular flexibility index (Phi) is 3.57. The number of aryl methyl sites for hydroxylation is 1. The van der Waals surface area contributed by atoms with Gasteiger partial charge in [0.15, 0.2) is 0 Å². The lowest BCUT2D eigenvalue weighted by Gasteiger charge is -2.13. The molecule has 3 N–H and O–H groups in total. The van der Waals surface area contributed by atoms with Gasteiger partial charge in [-0.25, -0.2) is 9.97 Å². The zero-order chi connectivity index (χ0) is 13.1. The second-order valence-electron chi connectivity index (χ2n) is 3.94. The van der Waals surface area contributed by atoms with E-state index in [9.17, 15) is 4.79 Å². The predicted molar refractivity (Wildman–Crippen MR) is 71.6 cm³/mol. The van der Waals surface area contributed by atoms with Crippen molar-refractivity contribution in [3.63, 3.8) is 0 Å². The fourth-order valence-corrected chi connectivity index (χ4v) is 2.33. The number of pyridine rings is 1. The molecule has 0 saturated carbocycles. The molecule has 2 rings (SSSR count). The van der Waals surface area contributed by atoms with Crippen LogP contribution in [0.15, 0.2) is 24.5 Å². The Hall–Kier alpha value is -1.95. The Balaban J connectivity index is 2.21. The zero-order valence-electron chi connectivity index (χ0n) is 10.2. The van der Waals surface area contributed by atoms with Gasteiger partial charge in [-0.1, -0.05) is 0 Å². The smallest absolute Gasteiger partial charge is 0.252 e. The number of aromatic nitrogens is 2. The molecule has 0 aliphatic carbocycles. The van der Waals surface area contributed by atoms with Crippen molar-refractivity contribution in [2.45, 2.75) is 19.9 Å². The molecule has 2 aromatic rings. The van der Waals surface area contributed by atoms with E-state index in [1.165, 1.54) is 0 Å². The van der Waals surface area contributed by atoms with Crippen molar-refractivity contribution in [3.8, 4) is 0 Å². The highest BCUT2D eigenvalue weighted by molar-refractivity contribution is 7.11. The molecule has 0 radical (unpaired) electrons. The maximum Gasteiger partial charge on any atom is 0.252 e. The second-order valence-corrected chi connectivity index (χ2v) is 5.21. The minimum absolute atomic E-state index is 0.0169. The van der Waals surface area contributed by atoms with E-state index >= 15 is 0 Å². The van der Waals surface area contributed by atoms with Gasteiger partial charge in [-0.05, 0) is 26.0 Å². The number of carbonyl (C=O) groups is 1. The van der Waals surface area contributed by atoms with E-state index in [0.29, 0.717) is 11.4 Å². The fourth-order valence-electron chi connectivity index (χ4n) is 1.56. The van der Waals surface area contributed by atoms with E-state index in [1.54, 1.807) is 29.7 Å². The molecule has 94 valence electrons. The molecular formula is C12H14N4OS. The molecule has 1 atom stereocenters. The number of anilines is 1. The van der Waals surface area contributed by atoms with Crippen LogP contribution in [0.4, 0.5) is 5.82 Å². The van der Waals surface area contributed by atoms with Crippen molar-refractivity contribution >= 4 is 23.1 Å². The van der Waals surface area contributed by atoms with Crippen LogP contribution < -0.4 is 11.1 Å². The Bertz CT molecular complexity index is 567. The maximum atomic E-state index is 11.3. The normalized spacial score (nSPS) is 12.1. The summed E-state index contributed by atoms with van der Waals surface area (Å²) in [5, 5.41) is 4.11. The van der Waals surface area contributed by atoms with E-state index in [0.717, 1.165) is 9.88 Å². The highest BCUT2D eigenvalue weighted by atomic mass is 32.1. The van der Waals surface area contributed by atoms with Crippen LogP contribution in [0.1, 0.15) is 33.2 Å². The fraction of sp³-hybridized carbons (Fsp3) is 0.250. The lowest BCUT2D eigenvalue weighted by atomic mass is 10.2. The van der Waals surface area contributed by atoms with Crippen molar-refractivity contribution in [3.05, 3.63) is 40.0 Å². The van der Waals surface area contributed by atoms with E-state index in [1.807, 2.05) is 20.0 Å². The average Bonchev–Trinajstić information content (AvgIpc) is 2.76. The molecule has 0 aliphatic heterocycles. The average molecular weight is 262 g/mol. The highest BCUT2D eigenvalue weighted by Crippen LogP contribution is 2.23. The van der Waals surface area contributed by atoms with Crippen LogP contribution in [0.2, 0.25) is 0 Å². The van der Waals surface area contributed by atoms with Crippen LogP contribution in [0.25, 0.3) is 0 Å². The minimum Gasteiger partial charge on any atom is -0.365 e. The third-order valence-electron chi connectivity index (χ3n) is 2.44. The van der Waals surface area contributed by atoms with Crippen molar-refractivity contribution in [1.29, 1.82) is 0 Å². The topological polar surface area (TPSA) is 80.9 Å². The SMILES string of the molecule is Cc1cnc(C(C)Nc2ncccc2C(N)=O)s1. The Labute approximate surface area is 109 Å². The number of rotatable bonds is 4. The van der Waals surface area contributed by atoms with E-state index in [4.69, 9.17) is 5.73 Å². The van der Waals surface area contributed by atoms with Gasteiger partial charge in [0.2, 0.25) is 0 Å². The number of hydrogen-bond donors (Lipinski definition) is 2. The van der Waals surface area contributed by atoms with Crippen LogP contribution in [0.3, 0.4) is 0 Å². The maximum absolute atomic E-state index is 11.3. The molecule has 5 nitrogen and oxygen atoms in total. The zero-order valence-corrected chi connectivity index (χ0v) is 11.0. The summed E-state index contributed by atoms with van der Waals surface area (Å²) in [6.07, 6.45) is 3.44. The molecule has 0 bridgehead atoms. The van der Waals surface area contributed by atoms with Gasteiger partial charge in [0.05, 0.1) is 11.6 Å².